The minimum absolute atomic E-state index is 0.0416. The van der Waals surface area contributed by atoms with Crippen molar-refractivity contribution in [3.8, 4) is 23.0 Å². The van der Waals surface area contributed by atoms with Crippen LogP contribution in [0.25, 0.3) is 0 Å². The van der Waals surface area contributed by atoms with Crippen molar-refractivity contribution in [3.63, 3.8) is 0 Å². The number of rotatable bonds is 9. The van der Waals surface area contributed by atoms with E-state index in [1.165, 1.54) is 47.9 Å². The predicted molar refractivity (Wildman–Crippen MR) is 176 cm³/mol. The Kier molecular flexibility index (Phi) is 7.83. The van der Waals surface area contributed by atoms with E-state index in [0.29, 0.717) is 12.8 Å². The minimum Gasteiger partial charge on any atom is -0.493 e. The summed E-state index contributed by atoms with van der Waals surface area (Å²) in [4.78, 5) is 5.24. The topological polar surface area (TPSA) is 83.9 Å². The number of benzene rings is 2. The van der Waals surface area contributed by atoms with E-state index in [4.69, 9.17) is 18.9 Å². The van der Waals surface area contributed by atoms with Crippen LogP contribution in [0.15, 0.2) is 48.6 Å². The van der Waals surface area contributed by atoms with Crippen LogP contribution in [0, 0.1) is 0 Å². The Balaban J connectivity index is 0.874. The lowest BCUT2D eigenvalue weighted by Gasteiger charge is -2.36. The van der Waals surface area contributed by atoms with E-state index in [0.717, 1.165) is 75.1 Å². The number of ether oxygens (including phenoxy) is 4. The first-order valence-electron chi connectivity index (χ1n) is 17.4. The standard InChI is InChI=1S/C38H48N2O6/c1-43-29-9-7-25-23-39(19-15-37-13-11-27(41)21-31(37)45-35(29)33(25)37)17-5-3-4-6-18-40-20-16-38-14-12-28(42)22-32(38)46-36-30(44-2)10-8-26(24-40)34(36)38/h7-14,27-28,31-32,41-42H,3-6,15-24H2,1-2H3/t27-,28-,31-,32-,37-,38-/m0/s1. The molecule has 8 nitrogen and oxygen atoms in total. The number of aliphatic hydroxyl groups excluding tert-OH is 2. The van der Waals surface area contributed by atoms with Gasteiger partial charge >= 0.3 is 0 Å². The monoisotopic (exact) mass is 628 g/mol. The molecule has 0 unspecified atom stereocenters. The van der Waals surface area contributed by atoms with Crippen molar-refractivity contribution < 1.29 is 29.2 Å². The number of hydrogen-bond donors (Lipinski definition) is 2. The number of aliphatic hydroxyl groups is 2. The molecule has 0 aromatic heterocycles. The van der Waals surface area contributed by atoms with Gasteiger partial charge in [-0.3, -0.25) is 9.80 Å². The molecular weight excluding hydrogens is 580 g/mol. The van der Waals surface area contributed by atoms with Crippen molar-refractivity contribution >= 4 is 0 Å². The van der Waals surface area contributed by atoms with Gasteiger partial charge in [0.2, 0.25) is 0 Å². The van der Waals surface area contributed by atoms with E-state index in [9.17, 15) is 10.2 Å². The number of methoxy groups -OCH3 is 2. The first-order valence-corrected chi connectivity index (χ1v) is 17.4. The Hall–Kier alpha value is -3.04. The predicted octanol–water partition coefficient (Wildman–Crippen LogP) is 5.02. The lowest BCUT2D eigenvalue weighted by molar-refractivity contribution is 0.0804. The van der Waals surface area contributed by atoms with Gasteiger partial charge in [0.25, 0.3) is 0 Å². The Morgan fingerprint density at radius 1 is 0.696 bits per heavy atom. The summed E-state index contributed by atoms with van der Waals surface area (Å²) in [5.41, 5.74) is 4.88. The van der Waals surface area contributed by atoms with Gasteiger partial charge in [0.15, 0.2) is 23.0 Å². The van der Waals surface area contributed by atoms with Crippen LogP contribution in [0.1, 0.15) is 73.6 Å². The molecule has 6 atom stereocenters. The van der Waals surface area contributed by atoms with Gasteiger partial charge in [0, 0.05) is 37.1 Å². The van der Waals surface area contributed by atoms with Crippen LogP contribution in [0.4, 0.5) is 0 Å². The van der Waals surface area contributed by atoms with E-state index in [2.05, 4.69) is 34.1 Å². The summed E-state index contributed by atoms with van der Waals surface area (Å²) in [6.07, 6.45) is 15.5. The van der Waals surface area contributed by atoms with Crippen LogP contribution < -0.4 is 18.9 Å². The fourth-order valence-corrected chi connectivity index (χ4v) is 9.40. The summed E-state index contributed by atoms with van der Waals surface area (Å²) in [6.45, 7) is 6.09. The second kappa shape index (κ2) is 11.9. The van der Waals surface area contributed by atoms with Gasteiger partial charge in [0.1, 0.15) is 12.2 Å². The maximum Gasteiger partial charge on any atom is 0.166 e. The molecule has 0 amide bonds. The van der Waals surface area contributed by atoms with Crippen molar-refractivity contribution in [1.29, 1.82) is 0 Å². The first-order chi connectivity index (χ1) is 22.4. The van der Waals surface area contributed by atoms with Gasteiger partial charge in [-0.25, -0.2) is 0 Å². The molecule has 8 rings (SSSR count). The van der Waals surface area contributed by atoms with Crippen LogP contribution in [0.3, 0.4) is 0 Å². The van der Waals surface area contributed by atoms with Crippen LogP contribution in [-0.4, -0.2) is 84.8 Å². The summed E-state index contributed by atoms with van der Waals surface area (Å²) in [7, 11) is 3.42. The molecule has 2 aromatic carbocycles. The molecule has 2 aromatic rings. The highest BCUT2D eigenvalue weighted by Gasteiger charge is 2.54. The van der Waals surface area contributed by atoms with E-state index >= 15 is 0 Å². The average molecular weight is 629 g/mol. The summed E-state index contributed by atoms with van der Waals surface area (Å²) in [5, 5.41) is 20.8. The van der Waals surface area contributed by atoms with Crippen LogP contribution in [0.5, 0.6) is 23.0 Å². The lowest BCUT2D eigenvalue weighted by Crippen LogP contribution is -2.43. The number of hydrogen-bond acceptors (Lipinski definition) is 8. The molecule has 4 aliphatic heterocycles. The van der Waals surface area contributed by atoms with E-state index < -0.39 is 12.2 Å². The summed E-state index contributed by atoms with van der Waals surface area (Å²) in [5.74, 6) is 3.36. The maximum atomic E-state index is 10.4. The molecule has 8 heteroatoms. The van der Waals surface area contributed by atoms with Crippen molar-refractivity contribution in [3.05, 3.63) is 70.8 Å². The van der Waals surface area contributed by atoms with E-state index in [1.807, 2.05) is 24.3 Å². The molecule has 2 N–H and O–H groups in total. The third kappa shape index (κ3) is 4.86. The highest BCUT2D eigenvalue weighted by atomic mass is 16.5. The van der Waals surface area contributed by atoms with Gasteiger partial charge < -0.3 is 29.2 Å². The zero-order valence-electron chi connectivity index (χ0n) is 27.2. The molecule has 6 aliphatic rings. The van der Waals surface area contributed by atoms with Crippen LogP contribution in [-0.2, 0) is 23.9 Å². The zero-order chi connectivity index (χ0) is 31.5. The first kappa shape index (κ1) is 30.3. The molecule has 2 spiro atoms. The molecule has 46 heavy (non-hydrogen) atoms. The molecule has 4 heterocycles. The van der Waals surface area contributed by atoms with Crippen molar-refractivity contribution in [2.45, 2.75) is 99.7 Å². The summed E-state index contributed by atoms with van der Waals surface area (Å²) in [6, 6.07) is 8.55. The third-order valence-electron chi connectivity index (χ3n) is 11.8. The normalized spacial score (nSPS) is 32.3. The Labute approximate surface area is 272 Å². The fourth-order valence-electron chi connectivity index (χ4n) is 9.40. The second-order valence-corrected chi connectivity index (χ2v) is 14.3. The van der Waals surface area contributed by atoms with Gasteiger partial charge in [-0.1, -0.05) is 49.3 Å². The van der Waals surface area contributed by atoms with E-state index in [1.54, 1.807) is 14.2 Å². The quantitative estimate of drug-likeness (QED) is 0.296. The largest absolute Gasteiger partial charge is 0.493 e. The maximum absolute atomic E-state index is 10.4. The van der Waals surface area contributed by atoms with Crippen LogP contribution in [0.2, 0.25) is 0 Å². The summed E-state index contributed by atoms with van der Waals surface area (Å²) < 4.78 is 24.4. The Morgan fingerprint density at radius 2 is 1.15 bits per heavy atom. The van der Waals surface area contributed by atoms with Gasteiger partial charge in [-0.2, -0.15) is 0 Å². The fraction of sp³-hybridized carbons (Fsp3) is 0.579. The molecule has 2 aliphatic carbocycles. The molecule has 0 fully saturated rings. The van der Waals surface area contributed by atoms with Crippen LogP contribution >= 0.6 is 0 Å². The molecule has 0 bridgehead atoms. The summed E-state index contributed by atoms with van der Waals surface area (Å²) >= 11 is 0. The van der Waals surface area contributed by atoms with Gasteiger partial charge in [-0.15, -0.1) is 0 Å². The second-order valence-electron chi connectivity index (χ2n) is 14.3. The Morgan fingerprint density at radius 3 is 1.59 bits per heavy atom. The van der Waals surface area contributed by atoms with E-state index in [-0.39, 0.29) is 23.0 Å². The van der Waals surface area contributed by atoms with Crippen molar-refractivity contribution in [1.82, 2.24) is 9.80 Å². The molecule has 246 valence electrons. The molecule has 0 saturated carbocycles. The van der Waals surface area contributed by atoms with Gasteiger partial charge in [-0.05, 0) is 75.1 Å². The zero-order valence-corrected chi connectivity index (χ0v) is 27.2. The van der Waals surface area contributed by atoms with Crippen molar-refractivity contribution in [2.75, 3.05) is 40.4 Å². The lowest BCUT2D eigenvalue weighted by atomic mass is 9.69. The number of nitrogens with zero attached hydrogens (tertiary/aromatic N) is 2. The SMILES string of the molecule is COc1ccc2c3c1O[C@H]1C[C@@H](O)C=C[C@@]31CCN(CCCCCCN1CC[C@@]34C=C[C@H](O)C[C@@H]3Oc3c(OC)ccc(c34)C1)C2. The highest BCUT2D eigenvalue weighted by molar-refractivity contribution is 5.62. The molecule has 0 saturated heterocycles. The third-order valence-corrected chi connectivity index (χ3v) is 11.8. The van der Waals surface area contributed by atoms with Gasteiger partial charge in [0.05, 0.1) is 37.3 Å². The Bertz CT molecular complexity index is 1430. The smallest absolute Gasteiger partial charge is 0.166 e. The number of unbranched alkanes of at least 4 members (excludes halogenated alkanes) is 3. The van der Waals surface area contributed by atoms with Crippen molar-refractivity contribution in [2.24, 2.45) is 0 Å². The minimum atomic E-state index is -0.453. The average Bonchev–Trinajstić information content (AvgIpc) is 3.44. The molecule has 0 radical (unpaired) electrons. The highest BCUT2D eigenvalue weighted by Crippen LogP contribution is 2.57. The molecular formula is C38H48N2O6.